The molecule has 3 aromatic rings. The third kappa shape index (κ3) is 10.7. The molecule has 1 aliphatic heterocycles. The standard InChI is InChI=1S/C36H42N2O6/c1-26-23-37-35(41)30(14-8-9-15-31(36(42)44-26)20-27-10-4-2-5-11-27)22-34(40)38-32(24-39)21-28-16-18-33(19-17-28)43-25-29-12-6-3-7-13-29/h2-13,16-19,26,30-32,39H,14-15,20-25H2,1H3,(H,37,41)(H,38,40). The minimum Gasteiger partial charge on any atom is -0.489 e. The van der Waals surface area contributed by atoms with Crippen molar-refractivity contribution in [1.82, 2.24) is 10.6 Å². The fraction of sp³-hybridized carbons (Fsp3) is 0.361. The van der Waals surface area contributed by atoms with E-state index in [1.165, 1.54) is 0 Å². The molecule has 4 rings (SSSR count). The topological polar surface area (TPSA) is 114 Å². The zero-order valence-electron chi connectivity index (χ0n) is 25.2. The highest BCUT2D eigenvalue weighted by Gasteiger charge is 2.26. The Kier molecular flexibility index (Phi) is 12.6. The van der Waals surface area contributed by atoms with Crippen molar-refractivity contribution in [2.75, 3.05) is 13.2 Å². The Hall–Kier alpha value is -4.43. The van der Waals surface area contributed by atoms with Crippen LogP contribution in [0.3, 0.4) is 0 Å². The van der Waals surface area contributed by atoms with Gasteiger partial charge in [0.15, 0.2) is 0 Å². The van der Waals surface area contributed by atoms with E-state index in [1.54, 1.807) is 6.92 Å². The van der Waals surface area contributed by atoms with E-state index in [1.807, 2.05) is 97.1 Å². The minimum atomic E-state index is -0.596. The number of aliphatic hydroxyl groups excluding tert-OH is 1. The van der Waals surface area contributed by atoms with Gasteiger partial charge >= 0.3 is 5.97 Å². The molecule has 8 nitrogen and oxygen atoms in total. The van der Waals surface area contributed by atoms with Gasteiger partial charge in [-0.25, -0.2) is 0 Å². The average molecular weight is 599 g/mol. The van der Waals surface area contributed by atoms with Gasteiger partial charge in [0.1, 0.15) is 18.5 Å². The molecule has 44 heavy (non-hydrogen) atoms. The number of rotatable bonds is 11. The van der Waals surface area contributed by atoms with Gasteiger partial charge in [0.2, 0.25) is 11.8 Å². The van der Waals surface area contributed by atoms with Crippen molar-refractivity contribution in [1.29, 1.82) is 0 Å². The van der Waals surface area contributed by atoms with Gasteiger partial charge in [-0.3, -0.25) is 14.4 Å². The van der Waals surface area contributed by atoms with Crippen molar-refractivity contribution in [3.8, 4) is 5.75 Å². The van der Waals surface area contributed by atoms with Gasteiger partial charge in [0.25, 0.3) is 0 Å². The first kappa shape index (κ1) is 32.5. The van der Waals surface area contributed by atoms with Crippen LogP contribution >= 0.6 is 0 Å². The lowest BCUT2D eigenvalue weighted by Gasteiger charge is -2.22. The number of nitrogens with one attached hydrogen (secondary N) is 2. The van der Waals surface area contributed by atoms with Gasteiger partial charge in [-0.1, -0.05) is 84.9 Å². The highest BCUT2D eigenvalue weighted by atomic mass is 16.5. The lowest BCUT2D eigenvalue weighted by Crippen LogP contribution is -2.43. The summed E-state index contributed by atoms with van der Waals surface area (Å²) in [5.74, 6) is -1.08. The molecule has 1 aliphatic rings. The highest BCUT2D eigenvalue weighted by molar-refractivity contribution is 5.86. The number of ether oxygens (including phenoxy) is 2. The maximum Gasteiger partial charge on any atom is 0.309 e. The molecule has 3 aromatic carbocycles. The van der Waals surface area contributed by atoms with E-state index in [0.717, 1.165) is 22.4 Å². The number of carbonyl (C=O) groups excluding carboxylic acids is 3. The van der Waals surface area contributed by atoms with Gasteiger partial charge < -0.3 is 25.2 Å². The molecule has 0 saturated heterocycles. The molecule has 0 aliphatic carbocycles. The minimum absolute atomic E-state index is 0.0272. The van der Waals surface area contributed by atoms with E-state index in [0.29, 0.717) is 32.3 Å². The van der Waals surface area contributed by atoms with Crippen LogP contribution < -0.4 is 15.4 Å². The Morgan fingerprint density at radius 2 is 1.55 bits per heavy atom. The van der Waals surface area contributed by atoms with Crippen LogP contribution in [0.1, 0.15) is 42.9 Å². The van der Waals surface area contributed by atoms with Gasteiger partial charge in [-0.15, -0.1) is 0 Å². The van der Waals surface area contributed by atoms with E-state index >= 15 is 0 Å². The number of carbonyl (C=O) groups is 3. The molecule has 4 unspecified atom stereocenters. The lowest BCUT2D eigenvalue weighted by molar-refractivity contribution is -0.153. The van der Waals surface area contributed by atoms with Crippen LogP contribution in [0, 0.1) is 11.8 Å². The fourth-order valence-electron chi connectivity index (χ4n) is 5.11. The van der Waals surface area contributed by atoms with Crippen LogP contribution in [0.15, 0.2) is 97.1 Å². The van der Waals surface area contributed by atoms with Gasteiger partial charge in [-0.2, -0.15) is 0 Å². The molecule has 8 heteroatoms. The number of allylic oxidation sites excluding steroid dienone is 2. The van der Waals surface area contributed by atoms with E-state index < -0.39 is 18.1 Å². The summed E-state index contributed by atoms with van der Waals surface area (Å²) < 4.78 is 11.5. The van der Waals surface area contributed by atoms with E-state index in [2.05, 4.69) is 10.6 Å². The van der Waals surface area contributed by atoms with Crippen molar-refractivity contribution in [2.24, 2.45) is 11.8 Å². The molecule has 0 spiro atoms. The Balaban J connectivity index is 1.31. The van der Waals surface area contributed by atoms with E-state index in [-0.39, 0.29) is 43.3 Å². The first-order valence-electron chi connectivity index (χ1n) is 15.2. The summed E-state index contributed by atoms with van der Waals surface area (Å²) in [6.07, 6.45) is 5.04. The molecule has 4 atom stereocenters. The molecule has 2 amide bonds. The Bertz CT molecular complexity index is 1360. The van der Waals surface area contributed by atoms with Crippen LogP contribution in [-0.2, 0) is 38.6 Å². The molecule has 0 fully saturated rings. The Labute approximate surface area is 259 Å². The SMILES string of the molecule is CC1CNC(=O)C(CC(=O)NC(CO)Cc2ccc(OCc3ccccc3)cc2)CC=CCC(Cc2ccccc2)C(=O)O1. The second kappa shape index (κ2) is 17.0. The van der Waals surface area contributed by atoms with Crippen molar-refractivity contribution >= 4 is 17.8 Å². The number of hydrogen-bond acceptors (Lipinski definition) is 6. The summed E-state index contributed by atoms with van der Waals surface area (Å²) in [7, 11) is 0. The monoisotopic (exact) mass is 598 g/mol. The van der Waals surface area contributed by atoms with Crippen molar-refractivity contribution in [3.63, 3.8) is 0 Å². The summed E-state index contributed by atoms with van der Waals surface area (Å²) in [6.45, 7) is 2.14. The highest BCUT2D eigenvalue weighted by Crippen LogP contribution is 2.19. The number of hydrogen-bond donors (Lipinski definition) is 3. The van der Waals surface area contributed by atoms with Gasteiger partial charge in [0, 0.05) is 6.42 Å². The Morgan fingerprint density at radius 1 is 0.909 bits per heavy atom. The molecule has 3 N–H and O–H groups in total. The summed E-state index contributed by atoms with van der Waals surface area (Å²) >= 11 is 0. The summed E-state index contributed by atoms with van der Waals surface area (Å²) in [6, 6.07) is 26.8. The van der Waals surface area contributed by atoms with Crippen molar-refractivity contribution in [2.45, 2.75) is 57.8 Å². The first-order valence-corrected chi connectivity index (χ1v) is 15.2. The van der Waals surface area contributed by atoms with Crippen LogP contribution in [-0.4, -0.2) is 48.2 Å². The third-order valence-electron chi connectivity index (χ3n) is 7.59. The van der Waals surface area contributed by atoms with Crippen molar-refractivity contribution in [3.05, 3.63) is 114 Å². The second-order valence-corrected chi connectivity index (χ2v) is 11.3. The third-order valence-corrected chi connectivity index (χ3v) is 7.59. The van der Waals surface area contributed by atoms with Crippen LogP contribution in [0.2, 0.25) is 0 Å². The van der Waals surface area contributed by atoms with Gasteiger partial charge in [-0.05, 0) is 61.4 Å². The Morgan fingerprint density at radius 3 is 2.20 bits per heavy atom. The molecular weight excluding hydrogens is 556 g/mol. The summed E-state index contributed by atoms with van der Waals surface area (Å²) in [4.78, 5) is 38.9. The quantitative estimate of drug-likeness (QED) is 0.221. The van der Waals surface area contributed by atoms with Crippen LogP contribution in [0.25, 0.3) is 0 Å². The average Bonchev–Trinajstić information content (AvgIpc) is 3.04. The van der Waals surface area contributed by atoms with Crippen molar-refractivity contribution < 1.29 is 29.0 Å². The predicted molar refractivity (Wildman–Crippen MR) is 169 cm³/mol. The molecule has 0 aromatic heterocycles. The lowest BCUT2D eigenvalue weighted by atomic mass is 9.94. The zero-order valence-corrected chi connectivity index (χ0v) is 25.2. The normalized spacial score (nSPS) is 19.9. The first-order chi connectivity index (χ1) is 21.4. The fourth-order valence-corrected chi connectivity index (χ4v) is 5.11. The van der Waals surface area contributed by atoms with Gasteiger partial charge in [0.05, 0.1) is 31.0 Å². The molecular formula is C36H42N2O6. The maximum absolute atomic E-state index is 13.0. The molecule has 0 saturated carbocycles. The summed E-state index contributed by atoms with van der Waals surface area (Å²) in [5.41, 5.74) is 3.07. The number of amides is 2. The largest absolute Gasteiger partial charge is 0.489 e. The number of benzene rings is 3. The molecule has 232 valence electrons. The second-order valence-electron chi connectivity index (χ2n) is 11.3. The number of aliphatic hydroxyl groups is 1. The molecule has 0 bridgehead atoms. The number of cyclic esters (lactones) is 1. The predicted octanol–water partition coefficient (Wildman–Crippen LogP) is 4.55. The molecule has 1 heterocycles. The van der Waals surface area contributed by atoms with E-state index in [4.69, 9.17) is 9.47 Å². The smallest absolute Gasteiger partial charge is 0.309 e. The summed E-state index contributed by atoms with van der Waals surface area (Å²) in [5, 5.41) is 15.7. The van der Waals surface area contributed by atoms with Crippen LogP contribution in [0.4, 0.5) is 0 Å². The maximum atomic E-state index is 13.0. The molecule has 0 radical (unpaired) electrons. The van der Waals surface area contributed by atoms with Crippen LogP contribution in [0.5, 0.6) is 5.75 Å². The van der Waals surface area contributed by atoms with E-state index in [9.17, 15) is 19.5 Å². The number of esters is 1. The zero-order chi connectivity index (χ0) is 31.1.